The minimum Gasteiger partial charge on any atom is -0.356 e. The van der Waals surface area contributed by atoms with Crippen LogP contribution < -0.4 is 10.2 Å². The molecule has 1 aliphatic rings. The third-order valence-electron chi connectivity index (χ3n) is 4.14. The van der Waals surface area contributed by atoms with Gasteiger partial charge in [-0.25, -0.2) is 8.42 Å². The van der Waals surface area contributed by atoms with Crippen molar-refractivity contribution in [2.75, 3.05) is 30.0 Å². The highest BCUT2D eigenvalue weighted by Gasteiger charge is 2.34. The first kappa shape index (κ1) is 18.4. The summed E-state index contributed by atoms with van der Waals surface area (Å²) in [5.74, 6) is -0.589. The Morgan fingerprint density at radius 1 is 1.29 bits per heavy atom. The summed E-state index contributed by atoms with van der Waals surface area (Å²) < 4.78 is 22.1. The van der Waals surface area contributed by atoms with E-state index < -0.39 is 9.84 Å². The van der Waals surface area contributed by atoms with Crippen LogP contribution in [0.3, 0.4) is 0 Å². The lowest BCUT2D eigenvalue weighted by Crippen LogP contribution is -2.34. The van der Waals surface area contributed by atoms with Crippen LogP contribution in [0.15, 0.2) is 24.3 Å². The summed E-state index contributed by atoms with van der Waals surface area (Å²) in [7, 11) is -3.01. The number of nitrogens with one attached hydrogen (secondary N) is 1. The van der Waals surface area contributed by atoms with Crippen LogP contribution in [0.5, 0.6) is 0 Å². The maximum Gasteiger partial charge on any atom is 0.227 e. The average molecular weight is 352 g/mol. The molecule has 24 heavy (non-hydrogen) atoms. The van der Waals surface area contributed by atoms with Crippen LogP contribution in [0, 0.1) is 5.92 Å². The van der Waals surface area contributed by atoms with Crippen molar-refractivity contribution in [3.8, 4) is 0 Å². The molecule has 1 aromatic carbocycles. The van der Waals surface area contributed by atoms with E-state index in [2.05, 4.69) is 12.2 Å². The van der Waals surface area contributed by atoms with Gasteiger partial charge >= 0.3 is 0 Å². The SMILES string of the molecule is CCc1ccc(N2CC(C(=O)NCCCS(C)(=O)=O)CC2=O)cc1. The van der Waals surface area contributed by atoms with Gasteiger partial charge in [-0.2, -0.15) is 0 Å². The first-order valence-electron chi connectivity index (χ1n) is 8.15. The maximum atomic E-state index is 12.2. The number of carbonyl (C=O) groups is 2. The molecule has 6 nitrogen and oxygen atoms in total. The smallest absolute Gasteiger partial charge is 0.227 e. The Morgan fingerprint density at radius 2 is 1.96 bits per heavy atom. The molecule has 1 unspecified atom stereocenters. The van der Waals surface area contributed by atoms with E-state index in [1.54, 1.807) is 4.90 Å². The van der Waals surface area contributed by atoms with Gasteiger partial charge in [-0.15, -0.1) is 0 Å². The number of carbonyl (C=O) groups excluding carboxylic acids is 2. The zero-order valence-electron chi connectivity index (χ0n) is 14.1. The predicted molar refractivity (Wildman–Crippen MR) is 93.6 cm³/mol. The topological polar surface area (TPSA) is 83.6 Å². The zero-order chi connectivity index (χ0) is 17.7. The molecular formula is C17H24N2O4S. The van der Waals surface area contributed by atoms with Gasteiger partial charge in [0.15, 0.2) is 0 Å². The minimum absolute atomic E-state index is 0.0484. The Bertz CT molecular complexity index is 698. The highest BCUT2D eigenvalue weighted by atomic mass is 32.2. The third kappa shape index (κ3) is 5.06. The molecule has 0 saturated carbocycles. The van der Waals surface area contributed by atoms with Crippen LogP contribution in [0.2, 0.25) is 0 Å². The lowest BCUT2D eigenvalue weighted by Gasteiger charge is -2.17. The quantitative estimate of drug-likeness (QED) is 0.746. The molecule has 1 saturated heterocycles. The van der Waals surface area contributed by atoms with E-state index in [1.165, 1.54) is 11.8 Å². The number of rotatable bonds is 7. The Kier molecular flexibility index (Phi) is 5.99. The highest BCUT2D eigenvalue weighted by Crippen LogP contribution is 2.25. The molecule has 0 aliphatic carbocycles. The van der Waals surface area contributed by atoms with Crippen LogP contribution in [-0.2, 0) is 25.8 Å². The van der Waals surface area contributed by atoms with Crippen molar-refractivity contribution >= 4 is 27.3 Å². The molecule has 1 heterocycles. The summed E-state index contributed by atoms with van der Waals surface area (Å²) in [6.45, 7) is 2.74. The molecule has 1 aromatic rings. The standard InChI is InChI=1S/C17H24N2O4S/c1-3-13-5-7-15(8-6-13)19-12-14(11-16(19)20)17(21)18-9-4-10-24(2,22)23/h5-8,14H,3-4,9-12H2,1-2H3,(H,18,21). The lowest BCUT2D eigenvalue weighted by molar-refractivity contribution is -0.126. The van der Waals surface area contributed by atoms with E-state index in [1.807, 2.05) is 24.3 Å². The fourth-order valence-electron chi connectivity index (χ4n) is 2.73. The van der Waals surface area contributed by atoms with Gasteiger partial charge in [-0.1, -0.05) is 19.1 Å². The summed E-state index contributed by atoms with van der Waals surface area (Å²) >= 11 is 0. The predicted octanol–water partition coefficient (Wildman–Crippen LogP) is 1.15. The third-order valence-corrected chi connectivity index (χ3v) is 5.17. The Labute approximate surface area is 143 Å². The zero-order valence-corrected chi connectivity index (χ0v) is 14.9. The molecule has 7 heteroatoms. The number of amides is 2. The van der Waals surface area contributed by atoms with Gasteiger partial charge in [0.05, 0.1) is 11.7 Å². The highest BCUT2D eigenvalue weighted by molar-refractivity contribution is 7.90. The van der Waals surface area contributed by atoms with Crippen molar-refractivity contribution in [2.24, 2.45) is 5.92 Å². The number of benzene rings is 1. The second kappa shape index (κ2) is 7.79. The first-order chi connectivity index (χ1) is 11.3. The van der Waals surface area contributed by atoms with E-state index in [9.17, 15) is 18.0 Å². The molecule has 2 rings (SSSR count). The van der Waals surface area contributed by atoms with Crippen molar-refractivity contribution in [3.05, 3.63) is 29.8 Å². The first-order valence-corrected chi connectivity index (χ1v) is 10.2. The Morgan fingerprint density at radius 3 is 2.54 bits per heavy atom. The summed E-state index contributed by atoms with van der Waals surface area (Å²) in [6, 6.07) is 7.79. The van der Waals surface area contributed by atoms with Crippen LogP contribution in [-0.4, -0.2) is 45.3 Å². The van der Waals surface area contributed by atoms with Crippen molar-refractivity contribution in [2.45, 2.75) is 26.2 Å². The van der Waals surface area contributed by atoms with E-state index in [0.717, 1.165) is 12.1 Å². The van der Waals surface area contributed by atoms with Gasteiger partial charge in [0.1, 0.15) is 9.84 Å². The average Bonchev–Trinajstić information content (AvgIpc) is 2.92. The van der Waals surface area contributed by atoms with Gasteiger partial charge in [-0.3, -0.25) is 9.59 Å². The van der Waals surface area contributed by atoms with Crippen molar-refractivity contribution < 1.29 is 18.0 Å². The molecule has 0 bridgehead atoms. The number of aryl methyl sites for hydroxylation is 1. The number of hydrogen-bond donors (Lipinski definition) is 1. The van der Waals surface area contributed by atoms with Gasteiger partial charge in [0, 0.05) is 31.5 Å². The fourth-order valence-corrected chi connectivity index (χ4v) is 3.40. The normalized spacial score (nSPS) is 18.0. The molecule has 1 fully saturated rings. The molecule has 2 amide bonds. The summed E-state index contributed by atoms with van der Waals surface area (Å²) in [5.41, 5.74) is 2.01. The van der Waals surface area contributed by atoms with Gasteiger partial charge in [-0.05, 0) is 30.5 Å². The molecule has 1 atom stereocenters. The van der Waals surface area contributed by atoms with Gasteiger partial charge in [0.2, 0.25) is 11.8 Å². The van der Waals surface area contributed by atoms with E-state index in [-0.39, 0.29) is 29.9 Å². The molecule has 0 spiro atoms. The Balaban J connectivity index is 1.87. The summed E-state index contributed by atoms with van der Waals surface area (Å²) in [5, 5.41) is 2.73. The Hall–Kier alpha value is -1.89. The van der Waals surface area contributed by atoms with E-state index >= 15 is 0 Å². The van der Waals surface area contributed by atoms with E-state index in [4.69, 9.17) is 0 Å². The minimum atomic E-state index is -3.01. The second-order valence-electron chi connectivity index (χ2n) is 6.20. The van der Waals surface area contributed by atoms with Crippen LogP contribution in [0.4, 0.5) is 5.69 Å². The van der Waals surface area contributed by atoms with Crippen molar-refractivity contribution in [1.29, 1.82) is 0 Å². The largest absolute Gasteiger partial charge is 0.356 e. The number of anilines is 1. The van der Waals surface area contributed by atoms with Crippen molar-refractivity contribution in [1.82, 2.24) is 5.32 Å². The van der Waals surface area contributed by atoms with E-state index in [0.29, 0.717) is 19.5 Å². The number of hydrogen-bond acceptors (Lipinski definition) is 4. The molecule has 1 N–H and O–H groups in total. The molecule has 0 aromatic heterocycles. The summed E-state index contributed by atoms with van der Waals surface area (Å²) in [6.07, 6.45) is 2.68. The van der Waals surface area contributed by atoms with Gasteiger partial charge < -0.3 is 10.2 Å². The molecular weight excluding hydrogens is 328 g/mol. The van der Waals surface area contributed by atoms with Crippen LogP contribution in [0.25, 0.3) is 0 Å². The molecule has 0 radical (unpaired) electrons. The van der Waals surface area contributed by atoms with Gasteiger partial charge in [0.25, 0.3) is 0 Å². The van der Waals surface area contributed by atoms with Crippen molar-refractivity contribution in [3.63, 3.8) is 0 Å². The van der Waals surface area contributed by atoms with Crippen LogP contribution >= 0.6 is 0 Å². The fraction of sp³-hybridized carbons (Fsp3) is 0.529. The summed E-state index contributed by atoms with van der Waals surface area (Å²) in [4.78, 5) is 26.0. The number of sulfone groups is 1. The lowest BCUT2D eigenvalue weighted by atomic mass is 10.1. The van der Waals surface area contributed by atoms with Crippen LogP contribution in [0.1, 0.15) is 25.3 Å². The maximum absolute atomic E-state index is 12.2. The molecule has 132 valence electrons. The molecule has 1 aliphatic heterocycles. The number of nitrogens with zero attached hydrogens (tertiary/aromatic N) is 1. The second-order valence-corrected chi connectivity index (χ2v) is 8.46. The monoisotopic (exact) mass is 352 g/mol.